The lowest BCUT2D eigenvalue weighted by atomic mass is 10.1. The van der Waals surface area contributed by atoms with Gasteiger partial charge in [0.25, 0.3) is 5.56 Å². The summed E-state index contributed by atoms with van der Waals surface area (Å²) < 4.78 is 3.95. The summed E-state index contributed by atoms with van der Waals surface area (Å²) >= 11 is 1.29. The Labute approximate surface area is 201 Å². The van der Waals surface area contributed by atoms with E-state index in [4.69, 9.17) is 0 Å². The van der Waals surface area contributed by atoms with Gasteiger partial charge in [-0.2, -0.15) is 0 Å². The number of aromatic nitrogens is 3. The number of benzene rings is 3. The largest absolute Gasteiger partial charge is 0.341 e. The van der Waals surface area contributed by atoms with Crippen molar-refractivity contribution >= 4 is 56.1 Å². The zero-order chi connectivity index (χ0) is 23.7. The summed E-state index contributed by atoms with van der Waals surface area (Å²) in [5.41, 5.74) is 3.69. The van der Waals surface area contributed by atoms with E-state index in [1.807, 2.05) is 49.4 Å². The number of nitrogens with zero attached hydrogens (tertiary/aromatic N) is 3. The number of para-hydroxylation sites is 2. The number of hydrogen-bond donors (Lipinski definition) is 1. The summed E-state index contributed by atoms with van der Waals surface area (Å²) in [5.74, 6) is 0.0394. The molecule has 2 aromatic heterocycles. The van der Waals surface area contributed by atoms with E-state index in [2.05, 4.69) is 40.0 Å². The van der Waals surface area contributed by atoms with Gasteiger partial charge >= 0.3 is 0 Å². The summed E-state index contributed by atoms with van der Waals surface area (Å²) in [4.78, 5) is 30.4. The van der Waals surface area contributed by atoms with E-state index in [-0.39, 0.29) is 17.2 Å². The second-order valence-corrected chi connectivity index (χ2v) is 9.14. The fourth-order valence-corrected chi connectivity index (χ4v) is 5.30. The van der Waals surface area contributed by atoms with E-state index in [9.17, 15) is 9.59 Å². The lowest BCUT2D eigenvalue weighted by Gasteiger charge is -2.12. The third kappa shape index (κ3) is 3.96. The van der Waals surface area contributed by atoms with Crippen LogP contribution in [0.2, 0.25) is 0 Å². The molecule has 34 heavy (non-hydrogen) atoms. The quantitative estimate of drug-likeness (QED) is 0.246. The first-order valence-electron chi connectivity index (χ1n) is 11.5. The highest BCUT2D eigenvalue weighted by Crippen LogP contribution is 2.31. The van der Waals surface area contributed by atoms with Gasteiger partial charge in [-0.1, -0.05) is 49.0 Å². The van der Waals surface area contributed by atoms with Crippen LogP contribution < -0.4 is 10.9 Å². The maximum Gasteiger partial charge on any atom is 0.262 e. The van der Waals surface area contributed by atoms with Crippen LogP contribution in [0, 0.1) is 0 Å². The van der Waals surface area contributed by atoms with Gasteiger partial charge in [0, 0.05) is 40.6 Å². The predicted molar refractivity (Wildman–Crippen MR) is 141 cm³/mol. The van der Waals surface area contributed by atoms with E-state index in [1.165, 1.54) is 22.7 Å². The van der Waals surface area contributed by atoms with Gasteiger partial charge in [0.05, 0.1) is 16.7 Å². The van der Waals surface area contributed by atoms with Crippen LogP contribution in [0.15, 0.2) is 76.7 Å². The Bertz CT molecular complexity index is 1590. The topological polar surface area (TPSA) is 68.9 Å². The average Bonchev–Trinajstić information content (AvgIpc) is 3.18. The van der Waals surface area contributed by atoms with Gasteiger partial charge < -0.3 is 9.88 Å². The highest BCUT2D eigenvalue weighted by molar-refractivity contribution is 7.99. The second kappa shape index (κ2) is 9.35. The molecule has 0 unspecified atom stereocenters. The van der Waals surface area contributed by atoms with E-state index < -0.39 is 0 Å². The Hall–Kier alpha value is -3.58. The molecule has 172 valence electrons. The molecule has 0 radical (unpaired) electrons. The van der Waals surface area contributed by atoms with Gasteiger partial charge in [-0.15, -0.1) is 0 Å². The van der Waals surface area contributed by atoms with Crippen LogP contribution in [0.25, 0.3) is 32.7 Å². The van der Waals surface area contributed by atoms with Crippen LogP contribution in [-0.2, 0) is 17.9 Å². The number of thioether (sulfide) groups is 1. The summed E-state index contributed by atoms with van der Waals surface area (Å²) in [6, 6.07) is 21.7. The molecule has 0 saturated heterocycles. The van der Waals surface area contributed by atoms with Gasteiger partial charge in [0.15, 0.2) is 5.16 Å². The Kier molecular flexibility index (Phi) is 6.11. The molecular formula is C27H26N4O2S. The average molecular weight is 471 g/mol. The minimum absolute atomic E-state index is 0.0619. The summed E-state index contributed by atoms with van der Waals surface area (Å²) in [5, 5.41) is 6.48. The fourth-order valence-electron chi connectivity index (χ4n) is 4.48. The van der Waals surface area contributed by atoms with E-state index in [0.717, 1.165) is 29.6 Å². The molecule has 0 bridgehead atoms. The molecule has 6 nitrogen and oxygen atoms in total. The first-order valence-corrected chi connectivity index (χ1v) is 12.5. The van der Waals surface area contributed by atoms with Crippen LogP contribution >= 0.6 is 11.8 Å². The van der Waals surface area contributed by atoms with Crippen molar-refractivity contribution in [1.82, 2.24) is 14.1 Å². The van der Waals surface area contributed by atoms with Crippen molar-refractivity contribution in [3.63, 3.8) is 0 Å². The number of amides is 1. The molecule has 1 N–H and O–H groups in total. The van der Waals surface area contributed by atoms with Gasteiger partial charge in [0.1, 0.15) is 0 Å². The number of rotatable bonds is 7. The zero-order valence-corrected chi connectivity index (χ0v) is 20.1. The van der Waals surface area contributed by atoms with Crippen molar-refractivity contribution in [1.29, 1.82) is 0 Å². The number of carbonyl (C=O) groups is 1. The Balaban J connectivity index is 1.39. The maximum absolute atomic E-state index is 12.9. The first-order chi connectivity index (χ1) is 16.6. The normalized spacial score (nSPS) is 11.5. The number of aryl methyl sites for hydroxylation is 1. The molecular weight excluding hydrogens is 444 g/mol. The second-order valence-electron chi connectivity index (χ2n) is 8.20. The maximum atomic E-state index is 12.9. The van der Waals surface area contributed by atoms with Crippen molar-refractivity contribution in [2.75, 3.05) is 11.1 Å². The lowest BCUT2D eigenvalue weighted by molar-refractivity contribution is -0.113. The standard InChI is InChI=1S/C27H26N4O2S/c1-3-15-31-26(33)20-10-5-7-11-22(20)29-27(31)34-17-25(32)28-18-13-14-24-21(16-18)19-9-6-8-12-23(19)30(24)4-2/h5-14,16H,3-4,15,17H2,1-2H3,(H,28,32). The molecule has 2 heterocycles. The van der Waals surface area contributed by atoms with Gasteiger partial charge in [-0.05, 0) is 49.7 Å². The Morgan fingerprint density at radius 1 is 0.912 bits per heavy atom. The van der Waals surface area contributed by atoms with Gasteiger partial charge in [-0.25, -0.2) is 4.98 Å². The Morgan fingerprint density at radius 2 is 1.65 bits per heavy atom. The molecule has 0 atom stereocenters. The summed E-state index contributed by atoms with van der Waals surface area (Å²) in [6.45, 7) is 5.61. The van der Waals surface area contributed by atoms with Crippen molar-refractivity contribution in [2.45, 2.75) is 38.5 Å². The number of carbonyl (C=O) groups excluding carboxylic acids is 1. The van der Waals surface area contributed by atoms with Crippen molar-refractivity contribution in [3.05, 3.63) is 77.1 Å². The Morgan fingerprint density at radius 3 is 2.44 bits per heavy atom. The van der Waals surface area contributed by atoms with Crippen LogP contribution in [-0.4, -0.2) is 25.8 Å². The molecule has 0 saturated carbocycles. The third-order valence-electron chi connectivity index (χ3n) is 5.98. The molecule has 0 aliphatic carbocycles. The molecule has 0 spiro atoms. The first kappa shape index (κ1) is 22.2. The number of fused-ring (bicyclic) bond motifs is 4. The SMILES string of the molecule is CCCn1c(SCC(=O)Nc2ccc3c(c2)c2ccccc2n3CC)nc2ccccc2c1=O. The van der Waals surface area contributed by atoms with Crippen LogP contribution in [0.4, 0.5) is 5.69 Å². The number of anilines is 1. The third-order valence-corrected chi connectivity index (χ3v) is 6.95. The van der Waals surface area contributed by atoms with E-state index in [0.29, 0.717) is 22.6 Å². The zero-order valence-electron chi connectivity index (χ0n) is 19.2. The minimum Gasteiger partial charge on any atom is -0.341 e. The monoisotopic (exact) mass is 470 g/mol. The summed E-state index contributed by atoms with van der Waals surface area (Å²) in [7, 11) is 0. The van der Waals surface area contributed by atoms with Crippen LogP contribution in [0.3, 0.4) is 0 Å². The summed E-state index contributed by atoms with van der Waals surface area (Å²) in [6.07, 6.45) is 0.811. The van der Waals surface area contributed by atoms with Gasteiger partial charge in [0.2, 0.25) is 5.91 Å². The highest BCUT2D eigenvalue weighted by atomic mass is 32.2. The molecule has 5 rings (SSSR count). The van der Waals surface area contributed by atoms with Crippen LogP contribution in [0.1, 0.15) is 20.3 Å². The molecule has 0 aliphatic rings. The van der Waals surface area contributed by atoms with E-state index in [1.54, 1.807) is 10.6 Å². The molecule has 0 aliphatic heterocycles. The van der Waals surface area contributed by atoms with Crippen molar-refractivity contribution < 1.29 is 4.79 Å². The fraction of sp³-hybridized carbons (Fsp3) is 0.222. The highest BCUT2D eigenvalue weighted by Gasteiger charge is 2.14. The molecule has 5 aromatic rings. The molecule has 1 amide bonds. The van der Waals surface area contributed by atoms with Crippen molar-refractivity contribution in [2.24, 2.45) is 0 Å². The van der Waals surface area contributed by atoms with Gasteiger partial charge in [-0.3, -0.25) is 14.2 Å². The number of nitrogens with one attached hydrogen (secondary N) is 1. The van der Waals surface area contributed by atoms with E-state index >= 15 is 0 Å². The molecule has 7 heteroatoms. The molecule has 0 fully saturated rings. The van der Waals surface area contributed by atoms with Crippen molar-refractivity contribution in [3.8, 4) is 0 Å². The minimum atomic E-state index is -0.131. The lowest BCUT2D eigenvalue weighted by Crippen LogP contribution is -2.24. The number of hydrogen-bond acceptors (Lipinski definition) is 4. The smallest absolute Gasteiger partial charge is 0.262 e. The van der Waals surface area contributed by atoms with Crippen LogP contribution in [0.5, 0.6) is 0 Å². The molecule has 3 aromatic carbocycles. The predicted octanol–water partition coefficient (Wildman–Crippen LogP) is 5.67.